The summed E-state index contributed by atoms with van der Waals surface area (Å²) >= 11 is 6.13. The van der Waals surface area contributed by atoms with Crippen molar-refractivity contribution in [2.45, 2.75) is 25.5 Å². The van der Waals surface area contributed by atoms with Crippen LogP contribution in [0.1, 0.15) is 18.0 Å². The lowest BCUT2D eigenvalue weighted by molar-refractivity contribution is 0.211. The van der Waals surface area contributed by atoms with E-state index in [2.05, 4.69) is 20.3 Å². The van der Waals surface area contributed by atoms with Crippen LogP contribution in [-0.4, -0.2) is 30.7 Å². The van der Waals surface area contributed by atoms with Crippen molar-refractivity contribution in [1.29, 1.82) is 0 Å². The number of aliphatic hydroxyl groups is 1. The first kappa shape index (κ1) is 20.7. The monoisotopic (exact) mass is 472 g/mol. The molecule has 0 saturated heterocycles. The van der Waals surface area contributed by atoms with Crippen LogP contribution >= 0.6 is 11.6 Å². The van der Waals surface area contributed by atoms with Crippen LogP contribution in [0.4, 0.5) is 17.5 Å². The molecule has 6 rings (SSSR count). The molecule has 0 saturated carbocycles. The van der Waals surface area contributed by atoms with E-state index in [0.29, 0.717) is 34.4 Å². The Morgan fingerprint density at radius 3 is 2.76 bits per heavy atom. The van der Waals surface area contributed by atoms with Crippen molar-refractivity contribution in [2.24, 2.45) is 0 Å². The van der Waals surface area contributed by atoms with Crippen molar-refractivity contribution in [2.75, 3.05) is 11.1 Å². The highest BCUT2D eigenvalue weighted by atomic mass is 35.5. The van der Waals surface area contributed by atoms with E-state index in [1.807, 2.05) is 60.2 Å². The van der Waals surface area contributed by atoms with Crippen LogP contribution < -0.4 is 11.1 Å². The van der Waals surface area contributed by atoms with Crippen molar-refractivity contribution in [3.05, 3.63) is 71.7 Å². The van der Waals surface area contributed by atoms with Gasteiger partial charge in [0.25, 0.3) is 6.01 Å². The molecule has 1 aliphatic carbocycles. The molecule has 0 amide bonds. The van der Waals surface area contributed by atoms with Gasteiger partial charge in [0.2, 0.25) is 0 Å². The van der Waals surface area contributed by atoms with Gasteiger partial charge in [-0.25, -0.2) is 9.97 Å². The summed E-state index contributed by atoms with van der Waals surface area (Å²) in [6, 6.07) is 11.9. The molecule has 0 aliphatic heterocycles. The van der Waals surface area contributed by atoms with E-state index in [9.17, 15) is 5.11 Å². The molecule has 0 unspecified atom stereocenters. The minimum absolute atomic E-state index is 0.0117. The van der Waals surface area contributed by atoms with Crippen LogP contribution in [0.25, 0.3) is 33.3 Å². The van der Waals surface area contributed by atoms with Gasteiger partial charge in [-0.2, -0.15) is 4.98 Å². The first-order valence-electron chi connectivity index (χ1n) is 10.9. The predicted molar refractivity (Wildman–Crippen MR) is 133 cm³/mol. The quantitative estimate of drug-likeness (QED) is 0.300. The van der Waals surface area contributed by atoms with Crippen LogP contribution in [-0.2, 0) is 0 Å². The van der Waals surface area contributed by atoms with E-state index in [-0.39, 0.29) is 6.04 Å². The minimum Gasteiger partial charge on any atom is -0.423 e. The molecule has 2 aromatic carbocycles. The third-order valence-corrected chi connectivity index (χ3v) is 6.34. The highest BCUT2D eigenvalue weighted by Gasteiger charge is 2.23. The number of anilines is 3. The Bertz CT molecular complexity index is 1570. The van der Waals surface area contributed by atoms with Gasteiger partial charge in [-0.15, -0.1) is 0 Å². The molecular weight excluding hydrogens is 452 g/mol. The van der Waals surface area contributed by atoms with Crippen LogP contribution in [0, 0.1) is 6.92 Å². The van der Waals surface area contributed by atoms with Crippen molar-refractivity contribution in [1.82, 2.24) is 19.5 Å². The number of benzene rings is 2. The van der Waals surface area contributed by atoms with Gasteiger partial charge in [0.1, 0.15) is 23.3 Å². The van der Waals surface area contributed by atoms with Gasteiger partial charge in [-0.05, 0) is 42.3 Å². The smallest absolute Gasteiger partial charge is 0.300 e. The topological polar surface area (TPSA) is 115 Å². The molecule has 0 radical (unpaired) electrons. The summed E-state index contributed by atoms with van der Waals surface area (Å²) in [5.41, 5.74) is 12.1. The summed E-state index contributed by atoms with van der Waals surface area (Å²) in [5.74, 6) is 0.420. The van der Waals surface area contributed by atoms with Gasteiger partial charge in [-0.3, -0.25) is 0 Å². The second kappa shape index (κ2) is 7.86. The van der Waals surface area contributed by atoms with Gasteiger partial charge >= 0.3 is 0 Å². The van der Waals surface area contributed by atoms with Gasteiger partial charge in [0.05, 0.1) is 17.5 Å². The Labute approximate surface area is 199 Å². The van der Waals surface area contributed by atoms with E-state index >= 15 is 0 Å². The Kier molecular flexibility index (Phi) is 4.79. The van der Waals surface area contributed by atoms with Crippen molar-refractivity contribution in [3.63, 3.8) is 0 Å². The maximum Gasteiger partial charge on any atom is 0.300 e. The largest absolute Gasteiger partial charge is 0.423 e. The summed E-state index contributed by atoms with van der Waals surface area (Å²) in [5, 5.41) is 14.6. The second-order valence-electron chi connectivity index (χ2n) is 8.46. The van der Waals surface area contributed by atoms with Gasteiger partial charge in [0.15, 0.2) is 5.58 Å². The molecule has 34 heavy (non-hydrogen) atoms. The standard InChI is InChI=1S/C25H21ClN6O2/c1-13-8-15(26)9-20-22(13)34-25(31-20)30-16-4-2-14(3-5-16)19-11-32(17-6-7-18(33)10-17)24-21(19)23(27)28-12-29-24/h2-9,11-12,17-18,33H,10H2,1H3,(H,30,31)(H2,27,28,29)/t17-,18+/m0/s1. The average Bonchev–Trinajstić information content (AvgIpc) is 3.51. The van der Waals surface area contributed by atoms with Gasteiger partial charge in [-0.1, -0.05) is 35.9 Å². The number of aliphatic hydroxyl groups excluding tert-OH is 1. The average molecular weight is 473 g/mol. The molecule has 8 nitrogen and oxygen atoms in total. The highest BCUT2D eigenvalue weighted by Crippen LogP contribution is 2.37. The van der Waals surface area contributed by atoms with Crippen molar-refractivity contribution >= 4 is 51.3 Å². The fourth-order valence-electron chi connectivity index (χ4n) is 4.51. The molecule has 0 fully saturated rings. The number of fused-ring (bicyclic) bond motifs is 2. The van der Waals surface area contributed by atoms with Crippen LogP contribution in [0.5, 0.6) is 0 Å². The molecule has 0 bridgehead atoms. The third-order valence-electron chi connectivity index (χ3n) is 6.12. The molecular formula is C25H21ClN6O2. The molecule has 2 atom stereocenters. The van der Waals surface area contributed by atoms with Gasteiger partial charge < -0.3 is 25.1 Å². The number of halogens is 1. The van der Waals surface area contributed by atoms with E-state index in [1.165, 1.54) is 6.33 Å². The molecule has 4 N–H and O–H groups in total. The number of hydrogen-bond donors (Lipinski definition) is 3. The van der Waals surface area contributed by atoms with Crippen LogP contribution in [0.15, 0.2) is 65.5 Å². The highest BCUT2D eigenvalue weighted by molar-refractivity contribution is 6.31. The summed E-state index contributed by atoms with van der Waals surface area (Å²) in [6.07, 6.45) is 7.44. The number of nitrogens with zero attached hydrogens (tertiary/aromatic N) is 4. The first-order chi connectivity index (χ1) is 16.5. The van der Waals surface area contributed by atoms with E-state index in [1.54, 1.807) is 6.07 Å². The Hall–Kier alpha value is -3.88. The normalized spacial score (nSPS) is 17.7. The number of aromatic nitrogens is 4. The van der Waals surface area contributed by atoms with Crippen molar-refractivity contribution < 1.29 is 9.52 Å². The molecule has 0 spiro atoms. The summed E-state index contributed by atoms with van der Waals surface area (Å²) in [6.45, 7) is 1.94. The zero-order valence-electron chi connectivity index (χ0n) is 18.2. The lowest BCUT2D eigenvalue weighted by Crippen LogP contribution is -2.08. The van der Waals surface area contributed by atoms with Gasteiger partial charge in [0, 0.05) is 28.9 Å². The molecule has 9 heteroatoms. The number of nitrogen functional groups attached to an aromatic ring is 1. The number of oxazole rings is 1. The second-order valence-corrected chi connectivity index (χ2v) is 8.89. The first-order valence-corrected chi connectivity index (χ1v) is 11.3. The number of aryl methyl sites for hydroxylation is 1. The molecule has 3 heterocycles. The SMILES string of the molecule is Cc1cc(Cl)cc2nc(Nc3ccc(-c4cn([C@H]5C=C[C@@H](O)C5)c5ncnc(N)c45)cc3)oc12. The van der Waals surface area contributed by atoms with Crippen LogP contribution in [0.3, 0.4) is 0 Å². The Morgan fingerprint density at radius 1 is 1.18 bits per heavy atom. The lowest BCUT2D eigenvalue weighted by atomic mass is 10.1. The fraction of sp³-hybridized carbons (Fsp3) is 0.160. The number of allylic oxidation sites excluding steroid dienone is 1. The number of nitrogens with one attached hydrogen (secondary N) is 1. The molecule has 170 valence electrons. The van der Waals surface area contributed by atoms with E-state index in [4.69, 9.17) is 21.8 Å². The lowest BCUT2D eigenvalue weighted by Gasteiger charge is -2.12. The number of nitrogens with two attached hydrogens (primary N) is 1. The van der Waals surface area contributed by atoms with Crippen molar-refractivity contribution in [3.8, 4) is 11.1 Å². The number of hydrogen-bond acceptors (Lipinski definition) is 7. The minimum atomic E-state index is -0.456. The molecule has 5 aromatic rings. The maximum atomic E-state index is 9.95. The van der Waals surface area contributed by atoms with E-state index < -0.39 is 6.10 Å². The summed E-state index contributed by atoms with van der Waals surface area (Å²) in [4.78, 5) is 13.2. The predicted octanol–water partition coefficient (Wildman–Crippen LogP) is 5.39. The molecule has 3 aromatic heterocycles. The zero-order valence-corrected chi connectivity index (χ0v) is 19.0. The fourth-order valence-corrected chi connectivity index (χ4v) is 4.78. The molecule has 1 aliphatic rings. The zero-order chi connectivity index (χ0) is 23.4. The summed E-state index contributed by atoms with van der Waals surface area (Å²) < 4.78 is 7.92. The summed E-state index contributed by atoms with van der Waals surface area (Å²) in [7, 11) is 0. The van der Waals surface area contributed by atoms with Crippen LogP contribution in [0.2, 0.25) is 5.02 Å². The number of rotatable bonds is 4. The third kappa shape index (κ3) is 3.48. The maximum absolute atomic E-state index is 9.95. The Morgan fingerprint density at radius 2 is 2.00 bits per heavy atom. The Balaban J connectivity index is 1.34. The van der Waals surface area contributed by atoms with E-state index in [0.717, 1.165) is 33.4 Å².